The van der Waals surface area contributed by atoms with Gasteiger partial charge >= 0.3 is 11.9 Å². The van der Waals surface area contributed by atoms with Gasteiger partial charge in [0, 0.05) is 0 Å². The summed E-state index contributed by atoms with van der Waals surface area (Å²) in [7, 11) is 1.46. The van der Waals surface area contributed by atoms with E-state index >= 15 is 0 Å². The van der Waals surface area contributed by atoms with Crippen molar-refractivity contribution in [1.82, 2.24) is 0 Å². The van der Waals surface area contributed by atoms with E-state index in [4.69, 9.17) is 14.2 Å². The summed E-state index contributed by atoms with van der Waals surface area (Å²) in [6, 6.07) is 19.5. The van der Waals surface area contributed by atoms with Gasteiger partial charge in [0.15, 0.2) is 11.5 Å². The van der Waals surface area contributed by atoms with Crippen LogP contribution in [0.15, 0.2) is 66.7 Å². The Bertz CT molecular complexity index is 1070. The van der Waals surface area contributed by atoms with E-state index in [0.29, 0.717) is 16.9 Å². The molecule has 0 spiro atoms. The highest BCUT2D eigenvalue weighted by atomic mass is 16.6. The van der Waals surface area contributed by atoms with E-state index in [1.54, 1.807) is 30.3 Å². The molecule has 0 aliphatic heterocycles. The average Bonchev–Trinajstić information content (AvgIpc) is 2.84. The van der Waals surface area contributed by atoms with Gasteiger partial charge < -0.3 is 14.2 Å². The van der Waals surface area contributed by atoms with Gasteiger partial charge in [-0.15, -0.1) is 0 Å². The summed E-state index contributed by atoms with van der Waals surface area (Å²) in [5.74, 6) is -0.0275. The molecule has 0 atom stereocenters. The first-order valence-electron chi connectivity index (χ1n) is 11.3. The smallest absolute Gasteiger partial charge is 0.343 e. The Labute approximate surface area is 195 Å². The fraction of sp³-hybridized carbons (Fsp3) is 0.286. The van der Waals surface area contributed by atoms with E-state index in [2.05, 4.69) is 13.8 Å². The van der Waals surface area contributed by atoms with E-state index in [1.165, 1.54) is 30.4 Å². The number of rotatable bonds is 10. The second-order valence-electron chi connectivity index (χ2n) is 7.84. The Hall–Kier alpha value is -3.60. The number of hydrogen-bond donors (Lipinski definition) is 0. The van der Waals surface area contributed by atoms with Crippen LogP contribution in [0.2, 0.25) is 0 Å². The van der Waals surface area contributed by atoms with Crippen molar-refractivity contribution in [2.75, 3.05) is 7.11 Å². The zero-order chi connectivity index (χ0) is 23.6. The van der Waals surface area contributed by atoms with Gasteiger partial charge in [0.1, 0.15) is 5.75 Å². The Balaban J connectivity index is 1.67. The van der Waals surface area contributed by atoms with E-state index in [9.17, 15) is 9.59 Å². The van der Waals surface area contributed by atoms with Crippen LogP contribution in [0.3, 0.4) is 0 Å². The molecule has 0 heterocycles. The summed E-state index contributed by atoms with van der Waals surface area (Å²) in [6.07, 6.45) is 5.26. The van der Waals surface area contributed by atoms with Crippen molar-refractivity contribution in [3.63, 3.8) is 0 Å². The molecule has 3 aromatic carbocycles. The van der Waals surface area contributed by atoms with Gasteiger partial charge in [-0.1, -0.05) is 51.0 Å². The quantitative estimate of drug-likeness (QED) is 0.265. The van der Waals surface area contributed by atoms with Gasteiger partial charge in [-0.05, 0) is 72.9 Å². The standard InChI is InChI=1S/C28H30O5/c1-4-6-8-21-9-13-22(14-10-21)27(29)33-25-18-15-23(19-26(25)31-3)28(30)32-24-16-11-20(7-5-2)12-17-24/h9-19H,4-8H2,1-3H3. The van der Waals surface area contributed by atoms with Gasteiger partial charge in [0.25, 0.3) is 0 Å². The number of methoxy groups -OCH3 is 1. The molecule has 0 amide bonds. The van der Waals surface area contributed by atoms with Crippen LogP contribution < -0.4 is 14.2 Å². The highest BCUT2D eigenvalue weighted by molar-refractivity contribution is 5.93. The predicted octanol–water partition coefficient (Wildman–Crippen LogP) is 6.43. The number of carbonyl (C=O) groups excluding carboxylic acids is 2. The summed E-state index contributed by atoms with van der Waals surface area (Å²) in [4.78, 5) is 25.1. The Morgan fingerprint density at radius 2 is 1.27 bits per heavy atom. The highest BCUT2D eigenvalue weighted by Crippen LogP contribution is 2.29. The summed E-state index contributed by atoms with van der Waals surface area (Å²) in [5, 5.41) is 0. The monoisotopic (exact) mass is 446 g/mol. The lowest BCUT2D eigenvalue weighted by Crippen LogP contribution is -2.11. The molecule has 5 nitrogen and oxygen atoms in total. The van der Waals surface area contributed by atoms with E-state index in [-0.39, 0.29) is 11.5 Å². The van der Waals surface area contributed by atoms with E-state index in [1.807, 2.05) is 24.3 Å². The Kier molecular flexibility index (Phi) is 8.64. The third-order valence-electron chi connectivity index (χ3n) is 5.28. The van der Waals surface area contributed by atoms with Crippen molar-refractivity contribution >= 4 is 11.9 Å². The summed E-state index contributed by atoms with van der Waals surface area (Å²) in [6.45, 7) is 4.27. The first-order valence-corrected chi connectivity index (χ1v) is 11.3. The zero-order valence-electron chi connectivity index (χ0n) is 19.4. The molecule has 0 N–H and O–H groups in total. The molecule has 0 aromatic heterocycles. The maximum absolute atomic E-state index is 12.6. The second kappa shape index (κ2) is 11.9. The minimum absolute atomic E-state index is 0.234. The molecule has 33 heavy (non-hydrogen) atoms. The molecule has 0 saturated heterocycles. The van der Waals surface area contributed by atoms with Gasteiger partial charge in [-0.25, -0.2) is 9.59 Å². The van der Waals surface area contributed by atoms with Gasteiger partial charge in [-0.3, -0.25) is 0 Å². The minimum atomic E-state index is -0.517. The van der Waals surface area contributed by atoms with Crippen LogP contribution in [0.25, 0.3) is 0 Å². The van der Waals surface area contributed by atoms with Crippen LogP contribution in [0.5, 0.6) is 17.2 Å². The number of ether oxygens (including phenoxy) is 3. The first kappa shape index (κ1) is 24.1. The fourth-order valence-electron chi connectivity index (χ4n) is 3.40. The number of unbranched alkanes of at least 4 members (excludes halogenated alkanes) is 1. The Morgan fingerprint density at radius 3 is 1.91 bits per heavy atom. The predicted molar refractivity (Wildman–Crippen MR) is 128 cm³/mol. The van der Waals surface area contributed by atoms with Crippen molar-refractivity contribution in [2.24, 2.45) is 0 Å². The van der Waals surface area contributed by atoms with Crippen molar-refractivity contribution in [2.45, 2.75) is 46.0 Å². The van der Waals surface area contributed by atoms with Crippen LogP contribution in [0.4, 0.5) is 0 Å². The molecular weight excluding hydrogens is 416 g/mol. The largest absolute Gasteiger partial charge is 0.493 e. The molecule has 0 bridgehead atoms. The molecule has 0 radical (unpaired) electrons. The van der Waals surface area contributed by atoms with E-state index in [0.717, 1.165) is 32.1 Å². The second-order valence-corrected chi connectivity index (χ2v) is 7.84. The lowest BCUT2D eigenvalue weighted by molar-refractivity contribution is 0.0728. The molecule has 0 aliphatic rings. The Morgan fingerprint density at radius 1 is 0.667 bits per heavy atom. The maximum atomic E-state index is 12.6. The molecule has 0 aliphatic carbocycles. The number of aryl methyl sites for hydroxylation is 2. The molecule has 0 unspecified atom stereocenters. The lowest BCUT2D eigenvalue weighted by atomic mass is 10.1. The normalized spacial score (nSPS) is 10.5. The molecule has 0 saturated carbocycles. The fourth-order valence-corrected chi connectivity index (χ4v) is 3.40. The molecule has 3 aromatic rings. The number of esters is 2. The number of carbonyl (C=O) groups is 2. The molecule has 0 fully saturated rings. The third-order valence-corrected chi connectivity index (χ3v) is 5.28. The van der Waals surface area contributed by atoms with Gasteiger partial charge in [0.05, 0.1) is 18.2 Å². The zero-order valence-corrected chi connectivity index (χ0v) is 19.4. The molecule has 5 heteroatoms. The first-order chi connectivity index (χ1) is 16.0. The van der Waals surface area contributed by atoms with Crippen LogP contribution in [0.1, 0.15) is 65.0 Å². The molecule has 3 rings (SSSR count). The van der Waals surface area contributed by atoms with Crippen LogP contribution in [0, 0.1) is 0 Å². The average molecular weight is 447 g/mol. The summed E-state index contributed by atoms with van der Waals surface area (Å²) >= 11 is 0. The number of hydrogen-bond acceptors (Lipinski definition) is 5. The maximum Gasteiger partial charge on any atom is 0.343 e. The molecule has 172 valence electrons. The molecular formula is C28H30O5. The summed E-state index contributed by atoms with van der Waals surface area (Å²) < 4.78 is 16.3. The SMILES string of the molecule is CCCCc1ccc(C(=O)Oc2ccc(C(=O)Oc3ccc(CCC)cc3)cc2OC)cc1. The van der Waals surface area contributed by atoms with Crippen molar-refractivity contribution < 1.29 is 23.8 Å². The van der Waals surface area contributed by atoms with Crippen molar-refractivity contribution in [3.8, 4) is 17.2 Å². The van der Waals surface area contributed by atoms with Crippen LogP contribution in [-0.4, -0.2) is 19.0 Å². The van der Waals surface area contributed by atoms with Crippen molar-refractivity contribution in [1.29, 1.82) is 0 Å². The van der Waals surface area contributed by atoms with Crippen molar-refractivity contribution in [3.05, 3.63) is 89.0 Å². The number of benzene rings is 3. The lowest BCUT2D eigenvalue weighted by Gasteiger charge is -2.11. The van der Waals surface area contributed by atoms with Gasteiger partial charge in [0.2, 0.25) is 0 Å². The topological polar surface area (TPSA) is 61.8 Å². The third kappa shape index (κ3) is 6.69. The van der Waals surface area contributed by atoms with Gasteiger partial charge in [-0.2, -0.15) is 0 Å². The minimum Gasteiger partial charge on any atom is -0.493 e. The highest BCUT2D eigenvalue weighted by Gasteiger charge is 2.16. The van der Waals surface area contributed by atoms with Crippen LogP contribution in [-0.2, 0) is 12.8 Å². The van der Waals surface area contributed by atoms with Crippen LogP contribution >= 0.6 is 0 Å². The van der Waals surface area contributed by atoms with E-state index < -0.39 is 11.9 Å². The summed E-state index contributed by atoms with van der Waals surface area (Å²) in [5.41, 5.74) is 3.13.